The molecule has 3 heterocycles. The number of rotatable bonds is 10. The van der Waals surface area contributed by atoms with Crippen LogP contribution in [0.15, 0.2) is 194 Å². The van der Waals surface area contributed by atoms with Crippen LogP contribution in [0.25, 0.3) is 38.8 Å². The lowest BCUT2D eigenvalue weighted by atomic mass is 9.78. The Labute approximate surface area is 434 Å². The highest BCUT2D eigenvalue weighted by Gasteiger charge is 2.34. The van der Waals surface area contributed by atoms with Gasteiger partial charge in [-0.1, -0.05) is 193 Å². The third-order valence-electron chi connectivity index (χ3n) is 15.3. The quantitative estimate of drug-likeness (QED) is 0.137. The molecule has 0 bridgehead atoms. The summed E-state index contributed by atoms with van der Waals surface area (Å²) in [5.74, 6) is 2.44. The Morgan fingerprint density at radius 3 is 1.62 bits per heavy atom. The maximum atomic E-state index is 7.14. The second kappa shape index (κ2) is 18.3. The Balaban J connectivity index is 1.08. The molecule has 5 heteroatoms. The van der Waals surface area contributed by atoms with E-state index < -0.39 is 0 Å². The first-order valence-corrected chi connectivity index (χ1v) is 26.0. The van der Waals surface area contributed by atoms with Crippen molar-refractivity contribution in [3.8, 4) is 28.4 Å². The molecule has 73 heavy (non-hydrogen) atoms. The minimum absolute atomic E-state index is 0.0256. The van der Waals surface area contributed by atoms with E-state index in [1.807, 2.05) is 6.20 Å². The van der Waals surface area contributed by atoms with Crippen LogP contribution in [0.5, 0.6) is 11.5 Å². The van der Waals surface area contributed by atoms with Crippen LogP contribution in [0.3, 0.4) is 0 Å². The number of hydrogen-bond acceptors (Lipinski definition) is 4. The van der Waals surface area contributed by atoms with Gasteiger partial charge in [0.15, 0.2) is 0 Å². The monoisotopic (exact) mass is 961 g/mol. The lowest BCUT2D eigenvalue weighted by Crippen LogP contribution is -2.31. The molecule has 0 aliphatic carbocycles. The van der Waals surface area contributed by atoms with Gasteiger partial charge < -0.3 is 14.5 Å². The molecule has 0 spiro atoms. The van der Waals surface area contributed by atoms with Gasteiger partial charge in [-0.25, -0.2) is 4.98 Å². The number of allylic oxidation sites excluding steroid dienone is 1. The van der Waals surface area contributed by atoms with Crippen molar-refractivity contribution >= 4 is 33.2 Å². The van der Waals surface area contributed by atoms with E-state index >= 15 is 0 Å². The summed E-state index contributed by atoms with van der Waals surface area (Å²) in [5.41, 5.74) is 14.9. The lowest BCUT2D eigenvalue weighted by molar-refractivity contribution is 0.477. The molecular formula is C68H72N4O. The highest BCUT2D eigenvalue weighted by Crippen LogP contribution is 2.45. The topological polar surface area (TPSA) is 33.5 Å². The van der Waals surface area contributed by atoms with E-state index in [0.29, 0.717) is 6.67 Å². The van der Waals surface area contributed by atoms with Crippen molar-refractivity contribution in [1.82, 2.24) is 9.55 Å². The van der Waals surface area contributed by atoms with Crippen LogP contribution in [0.2, 0.25) is 0 Å². The van der Waals surface area contributed by atoms with Crippen LogP contribution in [-0.2, 0) is 21.7 Å². The van der Waals surface area contributed by atoms with Crippen molar-refractivity contribution in [1.29, 1.82) is 0 Å². The maximum absolute atomic E-state index is 7.14. The van der Waals surface area contributed by atoms with Crippen molar-refractivity contribution in [2.75, 3.05) is 16.5 Å². The van der Waals surface area contributed by atoms with Gasteiger partial charge in [-0.3, -0.25) is 4.57 Å². The summed E-state index contributed by atoms with van der Waals surface area (Å²) in [5, 5.41) is 2.33. The average molecular weight is 961 g/mol. The highest BCUT2D eigenvalue weighted by molar-refractivity contribution is 6.10. The van der Waals surface area contributed by atoms with Crippen LogP contribution >= 0.6 is 0 Å². The van der Waals surface area contributed by atoms with E-state index in [2.05, 4.69) is 287 Å². The number of hydrogen-bond donors (Lipinski definition) is 0. The van der Waals surface area contributed by atoms with E-state index in [1.165, 1.54) is 61.3 Å². The molecule has 0 fully saturated rings. The van der Waals surface area contributed by atoms with Gasteiger partial charge in [0.1, 0.15) is 17.3 Å². The summed E-state index contributed by atoms with van der Waals surface area (Å²) in [4.78, 5) is 10.0. The summed E-state index contributed by atoms with van der Waals surface area (Å²) in [6.07, 6.45) is 4.33. The Bertz CT molecular complexity index is 3510. The number of ether oxygens (including phenoxy) is 1. The molecule has 1 aliphatic rings. The van der Waals surface area contributed by atoms with Gasteiger partial charge in [-0.2, -0.15) is 0 Å². The average Bonchev–Trinajstić information content (AvgIpc) is 3.97. The van der Waals surface area contributed by atoms with E-state index in [1.54, 1.807) is 0 Å². The molecule has 370 valence electrons. The zero-order valence-electron chi connectivity index (χ0n) is 45.3. The maximum Gasteiger partial charge on any atom is 0.137 e. The first kappa shape index (κ1) is 49.2. The molecule has 5 nitrogen and oxygen atoms in total. The van der Waals surface area contributed by atoms with Crippen LogP contribution in [0.1, 0.15) is 123 Å². The standard InChI is InChI=1S/C68H72N4O/c1-64(2,3)52-35-47(46-23-17-14-18-24-46)36-54(37-52)70-44-62(66(7,8)9)71(45-70)55-38-53(65(4,5)6)39-57(42-55)73-56-30-31-58-59-40-50(67(10,11)48-25-19-15-20-26-48)29-32-60(59)72(61(58)43-56)63-41-51(33-34-69-63)68(12,13)49-27-21-16-22-28-49/h14-44H,45H2,1-13H3. The number of benzene rings is 7. The number of pyridine rings is 1. The second-order valence-corrected chi connectivity index (χ2v) is 24.4. The minimum atomic E-state index is -0.245. The molecule has 0 amide bonds. The van der Waals surface area contributed by atoms with E-state index in [0.717, 1.165) is 39.4 Å². The fourth-order valence-electron chi connectivity index (χ4n) is 10.5. The van der Waals surface area contributed by atoms with Crippen LogP contribution in [0.4, 0.5) is 11.4 Å². The van der Waals surface area contributed by atoms with Crippen LogP contribution in [-0.4, -0.2) is 16.2 Å². The molecular weight excluding hydrogens is 889 g/mol. The van der Waals surface area contributed by atoms with E-state index in [9.17, 15) is 0 Å². The van der Waals surface area contributed by atoms with Gasteiger partial charge in [0, 0.05) is 68.6 Å². The Hall–Kier alpha value is -7.37. The van der Waals surface area contributed by atoms with Gasteiger partial charge in [0.05, 0.1) is 17.7 Å². The predicted molar refractivity (Wildman–Crippen MR) is 309 cm³/mol. The predicted octanol–water partition coefficient (Wildman–Crippen LogP) is 18.1. The van der Waals surface area contributed by atoms with Crippen molar-refractivity contribution in [2.45, 2.75) is 112 Å². The summed E-state index contributed by atoms with van der Waals surface area (Å²) < 4.78 is 9.47. The lowest BCUT2D eigenvalue weighted by Gasteiger charge is -2.32. The minimum Gasteiger partial charge on any atom is -0.457 e. The fourth-order valence-corrected chi connectivity index (χ4v) is 10.5. The van der Waals surface area contributed by atoms with E-state index in [4.69, 9.17) is 9.72 Å². The highest BCUT2D eigenvalue weighted by atomic mass is 16.5. The fraction of sp³-hybridized carbons (Fsp3) is 0.279. The molecule has 7 aromatic carbocycles. The second-order valence-electron chi connectivity index (χ2n) is 24.4. The summed E-state index contributed by atoms with van der Waals surface area (Å²) in [7, 11) is 0. The van der Waals surface area contributed by atoms with Gasteiger partial charge in [-0.05, 0) is 116 Å². The largest absolute Gasteiger partial charge is 0.457 e. The van der Waals surface area contributed by atoms with E-state index in [-0.39, 0.29) is 27.1 Å². The molecule has 1 aliphatic heterocycles. The molecule has 9 aromatic rings. The third kappa shape index (κ3) is 9.59. The number of nitrogens with zero attached hydrogens (tertiary/aromatic N) is 4. The van der Waals surface area contributed by atoms with Gasteiger partial charge in [0.25, 0.3) is 0 Å². The molecule has 0 saturated heterocycles. The first-order chi connectivity index (χ1) is 34.6. The Morgan fingerprint density at radius 1 is 0.411 bits per heavy atom. The summed E-state index contributed by atoms with van der Waals surface area (Å²) in [6.45, 7) is 30.6. The molecule has 2 aromatic heterocycles. The number of aromatic nitrogens is 2. The van der Waals surface area contributed by atoms with Crippen LogP contribution < -0.4 is 14.5 Å². The molecule has 0 radical (unpaired) electrons. The zero-order valence-corrected chi connectivity index (χ0v) is 45.3. The molecule has 0 saturated carbocycles. The smallest absolute Gasteiger partial charge is 0.137 e. The Morgan fingerprint density at radius 2 is 1.00 bits per heavy atom. The molecule has 0 N–H and O–H groups in total. The number of anilines is 2. The van der Waals surface area contributed by atoms with Crippen molar-refractivity contribution in [3.05, 3.63) is 227 Å². The normalized spacial score (nSPS) is 13.8. The third-order valence-corrected chi connectivity index (χ3v) is 15.3. The van der Waals surface area contributed by atoms with Gasteiger partial charge >= 0.3 is 0 Å². The van der Waals surface area contributed by atoms with Gasteiger partial charge in [-0.15, -0.1) is 0 Å². The zero-order chi connectivity index (χ0) is 51.7. The summed E-state index contributed by atoms with van der Waals surface area (Å²) >= 11 is 0. The van der Waals surface area contributed by atoms with Crippen molar-refractivity contribution in [3.63, 3.8) is 0 Å². The SMILES string of the molecule is CC(C)(C)C1=CN(c2cc(-c3ccccc3)cc(C(C)(C)C)c2)CN1c1cc(Oc2ccc3c4cc(C(C)(C)c5ccccc5)ccc4n(-c4cc(C(C)(C)c5ccccc5)ccn4)c3c2)cc(C(C)(C)C)c1. The van der Waals surface area contributed by atoms with Crippen molar-refractivity contribution < 1.29 is 4.74 Å². The first-order valence-electron chi connectivity index (χ1n) is 26.0. The molecule has 0 atom stereocenters. The van der Waals surface area contributed by atoms with Crippen LogP contribution in [0, 0.1) is 5.41 Å². The van der Waals surface area contributed by atoms with Gasteiger partial charge in [0.2, 0.25) is 0 Å². The Kier molecular flexibility index (Phi) is 12.3. The number of fused-ring (bicyclic) bond motifs is 3. The molecule has 10 rings (SSSR count). The van der Waals surface area contributed by atoms with Crippen molar-refractivity contribution in [2.24, 2.45) is 5.41 Å². The summed E-state index contributed by atoms with van der Waals surface area (Å²) in [6, 6.07) is 64.2. The molecule has 0 unspecified atom stereocenters.